The summed E-state index contributed by atoms with van der Waals surface area (Å²) >= 11 is 0. The Morgan fingerprint density at radius 3 is 2.38 bits per heavy atom. The highest BCUT2D eigenvalue weighted by Gasteiger charge is 2.41. The van der Waals surface area contributed by atoms with Crippen molar-refractivity contribution in [3.63, 3.8) is 0 Å². The maximum absolute atomic E-state index is 12.9. The summed E-state index contributed by atoms with van der Waals surface area (Å²) in [5, 5.41) is 0. The van der Waals surface area contributed by atoms with Gasteiger partial charge in [-0.05, 0) is 24.1 Å². The van der Waals surface area contributed by atoms with E-state index < -0.39 is 6.04 Å². The molecule has 1 aromatic carbocycles. The second kappa shape index (κ2) is 6.67. The van der Waals surface area contributed by atoms with E-state index in [4.69, 9.17) is 9.47 Å². The first kappa shape index (κ1) is 15.4. The summed E-state index contributed by atoms with van der Waals surface area (Å²) in [6.07, 6.45) is 0.376. The Kier molecular flexibility index (Phi) is 4.90. The summed E-state index contributed by atoms with van der Waals surface area (Å²) < 4.78 is 22.5. The number of hydrogen-bond donors (Lipinski definition) is 0. The third-order valence-corrected chi connectivity index (χ3v) is 3.71. The van der Waals surface area contributed by atoms with Crippen LogP contribution in [0.4, 0.5) is 4.39 Å². The summed E-state index contributed by atoms with van der Waals surface area (Å²) in [5.74, 6) is -1.36. The molecule has 0 unspecified atom stereocenters. The summed E-state index contributed by atoms with van der Waals surface area (Å²) in [7, 11) is 2.65. The molecular formula is C15H18FNO4. The highest BCUT2D eigenvalue weighted by molar-refractivity contribution is 5.79. The molecule has 1 aromatic rings. The van der Waals surface area contributed by atoms with Crippen LogP contribution in [0.15, 0.2) is 24.3 Å². The summed E-state index contributed by atoms with van der Waals surface area (Å²) in [6, 6.07) is 5.58. The summed E-state index contributed by atoms with van der Waals surface area (Å²) in [4.78, 5) is 25.4. The molecule has 1 aliphatic heterocycles. The van der Waals surface area contributed by atoms with E-state index in [1.165, 1.54) is 26.4 Å². The lowest BCUT2D eigenvalue weighted by molar-refractivity contribution is -0.146. The van der Waals surface area contributed by atoms with Gasteiger partial charge in [0, 0.05) is 13.1 Å². The van der Waals surface area contributed by atoms with Gasteiger partial charge in [-0.1, -0.05) is 12.1 Å². The quantitative estimate of drug-likeness (QED) is 0.785. The van der Waals surface area contributed by atoms with E-state index in [9.17, 15) is 14.0 Å². The van der Waals surface area contributed by atoms with Crippen LogP contribution >= 0.6 is 0 Å². The number of halogens is 1. The molecule has 0 aromatic heterocycles. The normalized spacial score (nSPS) is 22.0. The number of carbonyl (C=O) groups is 2. The third-order valence-electron chi connectivity index (χ3n) is 3.71. The highest BCUT2D eigenvalue weighted by atomic mass is 19.1. The lowest BCUT2D eigenvalue weighted by Gasteiger charge is -2.22. The minimum absolute atomic E-state index is 0.308. The number of likely N-dealkylation sites (tertiary alicyclic amines) is 1. The van der Waals surface area contributed by atoms with Crippen molar-refractivity contribution >= 4 is 11.9 Å². The summed E-state index contributed by atoms with van der Waals surface area (Å²) in [5.41, 5.74) is 0.871. The van der Waals surface area contributed by atoms with Crippen molar-refractivity contribution in [2.24, 2.45) is 5.92 Å². The number of ether oxygens (including phenoxy) is 2. The molecule has 114 valence electrons. The molecular weight excluding hydrogens is 277 g/mol. The molecule has 0 saturated carbocycles. The van der Waals surface area contributed by atoms with Gasteiger partial charge < -0.3 is 9.47 Å². The number of carbonyl (C=O) groups excluding carboxylic acids is 2. The largest absolute Gasteiger partial charge is 0.469 e. The van der Waals surface area contributed by atoms with Crippen LogP contribution in [0.3, 0.4) is 0 Å². The Balaban J connectivity index is 2.12. The van der Waals surface area contributed by atoms with E-state index in [2.05, 4.69) is 0 Å². The lowest BCUT2D eigenvalue weighted by Crippen LogP contribution is -2.36. The molecule has 2 atom stereocenters. The number of methoxy groups -OCH3 is 2. The van der Waals surface area contributed by atoms with Crippen molar-refractivity contribution in [1.29, 1.82) is 0 Å². The van der Waals surface area contributed by atoms with E-state index in [0.29, 0.717) is 19.5 Å². The highest BCUT2D eigenvalue weighted by Crippen LogP contribution is 2.27. The monoisotopic (exact) mass is 295 g/mol. The average molecular weight is 295 g/mol. The van der Waals surface area contributed by atoms with Crippen LogP contribution in [0, 0.1) is 11.7 Å². The van der Waals surface area contributed by atoms with Crippen LogP contribution < -0.4 is 0 Å². The molecule has 1 aliphatic rings. The number of benzene rings is 1. The molecule has 0 N–H and O–H groups in total. The summed E-state index contributed by atoms with van der Waals surface area (Å²) in [6.45, 7) is 0.872. The predicted octanol–water partition coefficient (Wildman–Crippen LogP) is 1.36. The smallest absolute Gasteiger partial charge is 0.323 e. The van der Waals surface area contributed by atoms with E-state index in [1.54, 1.807) is 12.1 Å². The van der Waals surface area contributed by atoms with E-state index in [-0.39, 0.29) is 23.7 Å². The van der Waals surface area contributed by atoms with Crippen LogP contribution in [0.1, 0.15) is 12.0 Å². The second-order valence-corrected chi connectivity index (χ2v) is 5.05. The van der Waals surface area contributed by atoms with Crippen LogP contribution in [0.5, 0.6) is 0 Å². The fraction of sp³-hybridized carbons (Fsp3) is 0.467. The zero-order valence-electron chi connectivity index (χ0n) is 12.0. The maximum Gasteiger partial charge on any atom is 0.323 e. The van der Waals surface area contributed by atoms with Gasteiger partial charge in [-0.15, -0.1) is 0 Å². The second-order valence-electron chi connectivity index (χ2n) is 5.05. The minimum Gasteiger partial charge on any atom is -0.469 e. The Morgan fingerprint density at radius 1 is 1.19 bits per heavy atom. The number of rotatable bonds is 4. The first-order valence-corrected chi connectivity index (χ1v) is 6.69. The number of esters is 2. The van der Waals surface area contributed by atoms with Gasteiger partial charge in [0.05, 0.1) is 20.1 Å². The molecule has 0 amide bonds. The number of nitrogens with zero attached hydrogens (tertiary/aromatic N) is 1. The van der Waals surface area contributed by atoms with Crippen LogP contribution in [-0.2, 0) is 25.6 Å². The molecule has 0 aliphatic carbocycles. The predicted molar refractivity (Wildman–Crippen MR) is 72.7 cm³/mol. The fourth-order valence-electron chi connectivity index (χ4n) is 2.62. The molecule has 0 spiro atoms. The Bertz CT molecular complexity index is 517. The maximum atomic E-state index is 12.9. The van der Waals surface area contributed by atoms with E-state index in [1.807, 2.05) is 4.90 Å². The lowest BCUT2D eigenvalue weighted by atomic mass is 10.1. The van der Waals surface area contributed by atoms with Gasteiger partial charge in [0.15, 0.2) is 0 Å². The van der Waals surface area contributed by atoms with Gasteiger partial charge in [-0.3, -0.25) is 14.5 Å². The molecule has 1 fully saturated rings. The number of hydrogen-bond acceptors (Lipinski definition) is 5. The molecule has 6 heteroatoms. The molecule has 21 heavy (non-hydrogen) atoms. The fourth-order valence-corrected chi connectivity index (χ4v) is 2.62. The Hall–Kier alpha value is -1.95. The third kappa shape index (κ3) is 3.58. The molecule has 1 saturated heterocycles. The van der Waals surface area contributed by atoms with Crippen molar-refractivity contribution < 1.29 is 23.5 Å². The molecule has 0 bridgehead atoms. The van der Waals surface area contributed by atoms with Gasteiger partial charge >= 0.3 is 11.9 Å². The zero-order valence-corrected chi connectivity index (χ0v) is 12.0. The molecule has 1 heterocycles. The SMILES string of the molecule is COC(=O)[C@H]1C[C@@H](C(=O)OC)N(Cc2ccc(F)cc2)C1. The molecule has 2 rings (SSSR count). The van der Waals surface area contributed by atoms with Crippen molar-refractivity contribution in [2.75, 3.05) is 20.8 Å². The van der Waals surface area contributed by atoms with E-state index >= 15 is 0 Å². The van der Waals surface area contributed by atoms with Crippen LogP contribution in [0.25, 0.3) is 0 Å². The van der Waals surface area contributed by atoms with Gasteiger partial charge in [0.25, 0.3) is 0 Å². The van der Waals surface area contributed by atoms with Crippen molar-refractivity contribution in [2.45, 2.75) is 19.0 Å². The Labute approximate surface area is 122 Å². The van der Waals surface area contributed by atoms with Gasteiger partial charge in [0.1, 0.15) is 11.9 Å². The van der Waals surface area contributed by atoms with Crippen LogP contribution in [0.2, 0.25) is 0 Å². The van der Waals surface area contributed by atoms with E-state index in [0.717, 1.165) is 5.56 Å². The van der Waals surface area contributed by atoms with Crippen molar-refractivity contribution in [1.82, 2.24) is 4.90 Å². The van der Waals surface area contributed by atoms with Gasteiger partial charge in [-0.25, -0.2) is 4.39 Å². The average Bonchev–Trinajstić information content (AvgIpc) is 2.92. The Morgan fingerprint density at radius 2 is 1.81 bits per heavy atom. The first-order valence-electron chi connectivity index (χ1n) is 6.69. The standard InChI is InChI=1S/C15H18FNO4/c1-20-14(18)11-7-13(15(19)21-2)17(9-11)8-10-3-5-12(16)6-4-10/h3-6,11,13H,7-9H2,1-2H3/t11-,13-/m0/s1. The minimum atomic E-state index is -0.482. The zero-order chi connectivity index (χ0) is 15.4. The van der Waals surface area contributed by atoms with Crippen molar-refractivity contribution in [3.8, 4) is 0 Å². The van der Waals surface area contributed by atoms with Crippen LogP contribution in [-0.4, -0.2) is 43.6 Å². The topological polar surface area (TPSA) is 55.8 Å². The molecule has 5 nitrogen and oxygen atoms in total. The molecule has 0 radical (unpaired) electrons. The first-order chi connectivity index (χ1) is 10.0. The van der Waals surface area contributed by atoms with Gasteiger partial charge in [-0.2, -0.15) is 0 Å². The van der Waals surface area contributed by atoms with Gasteiger partial charge in [0.2, 0.25) is 0 Å². The van der Waals surface area contributed by atoms with Crippen molar-refractivity contribution in [3.05, 3.63) is 35.6 Å².